The first-order chi connectivity index (χ1) is 8.43. The maximum Gasteiger partial charge on any atom is 0.387 e. The average Bonchev–Trinajstić information content (AvgIpc) is 2.23. The Bertz CT molecular complexity index is 421. The molecule has 0 aromatic heterocycles. The Kier molecular flexibility index (Phi) is 5.58. The summed E-state index contributed by atoms with van der Waals surface area (Å²) in [7, 11) is 1.61. The predicted octanol–water partition coefficient (Wildman–Crippen LogP) is 2.75. The van der Waals surface area contributed by atoms with E-state index in [1.807, 2.05) is 0 Å². The second-order valence-electron chi connectivity index (χ2n) is 3.23. The van der Waals surface area contributed by atoms with E-state index in [9.17, 15) is 13.6 Å². The van der Waals surface area contributed by atoms with Crippen molar-refractivity contribution in [2.45, 2.75) is 6.61 Å². The Labute approximate surface area is 112 Å². The zero-order valence-corrected chi connectivity index (χ0v) is 10.8. The minimum absolute atomic E-state index is 0.102. The molecule has 4 nitrogen and oxygen atoms in total. The van der Waals surface area contributed by atoms with Crippen LogP contribution in [0.2, 0.25) is 10.0 Å². The Morgan fingerprint density at radius 1 is 1.39 bits per heavy atom. The van der Waals surface area contributed by atoms with Crippen molar-refractivity contribution in [2.75, 3.05) is 18.9 Å². The van der Waals surface area contributed by atoms with Crippen molar-refractivity contribution in [1.82, 2.24) is 5.32 Å². The molecule has 0 atom stereocenters. The smallest absolute Gasteiger partial charge is 0.387 e. The van der Waals surface area contributed by atoms with E-state index in [1.54, 1.807) is 7.05 Å². The van der Waals surface area contributed by atoms with Gasteiger partial charge in [-0.05, 0) is 19.2 Å². The molecule has 0 heterocycles. The number of halogens is 4. The number of nitrogens with one attached hydrogen (secondary N) is 2. The van der Waals surface area contributed by atoms with Crippen LogP contribution in [-0.4, -0.2) is 26.1 Å². The number of carbonyl (C=O) groups excluding carboxylic acids is 1. The lowest BCUT2D eigenvalue weighted by atomic mass is 10.3. The molecule has 1 amide bonds. The highest BCUT2D eigenvalue weighted by Gasteiger charge is 2.15. The standard InChI is InChI=1S/C10H10Cl2F2N2O2/c1-15-4-8(17)16-5-2-6(11)9(7(12)3-5)18-10(13)14/h2-3,10,15H,4H2,1H3,(H,16,17). The van der Waals surface area contributed by atoms with Gasteiger partial charge in [-0.25, -0.2) is 0 Å². The number of hydrogen-bond donors (Lipinski definition) is 2. The molecule has 0 aliphatic heterocycles. The summed E-state index contributed by atoms with van der Waals surface area (Å²) in [6.07, 6.45) is 0. The number of likely N-dealkylation sites (N-methyl/N-ethyl adjacent to an activating group) is 1. The van der Waals surface area contributed by atoms with Crippen molar-refractivity contribution in [3.05, 3.63) is 22.2 Å². The topological polar surface area (TPSA) is 50.4 Å². The molecule has 8 heteroatoms. The molecule has 1 aromatic rings. The first kappa shape index (κ1) is 14.9. The second kappa shape index (κ2) is 6.72. The SMILES string of the molecule is CNCC(=O)Nc1cc(Cl)c(OC(F)F)c(Cl)c1. The monoisotopic (exact) mass is 298 g/mol. The molecule has 0 fully saturated rings. The Morgan fingerprint density at radius 2 is 1.94 bits per heavy atom. The van der Waals surface area contributed by atoms with Gasteiger partial charge in [-0.3, -0.25) is 4.79 Å². The summed E-state index contributed by atoms with van der Waals surface area (Å²) >= 11 is 11.5. The number of hydrogen-bond acceptors (Lipinski definition) is 3. The zero-order valence-electron chi connectivity index (χ0n) is 9.27. The average molecular weight is 299 g/mol. The summed E-state index contributed by atoms with van der Waals surface area (Å²) in [5.74, 6) is -0.632. The van der Waals surface area contributed by atoms with Crippen LogP contribution in [0.1, 0.15) is 0 Å². The van der Waals surface area contributed by atoms with Crippen molar-refractivity contribution in [3.8, 4) is 5.75 Å². The molecule has 0 spiro atoms. The molecule has 0 radical (unpaired) electrons. The summed E-state index contributed by atoms with van der Waals surface area (Å²) in [5, 5.41) is 4.93. The number of alkyl halides is 2. The van der Waals surface area contributed by atoms with Crippen molar-refractivity contribution < 1.29 is 18.3 Å². The predicted molar refractivity (Wildman–Crippen MR) is 65.7 cm³/mol. The van der Waals surface area contributed by atoms with Gasteiger partial charge in [0.1, 0.15) is 0 Å². The van der Waals surface area contributed by atoms with Crippen LogP contribution in [0.3, 0.4) is 0 Å². The fourth-order valence-corrected chi connectivity index (χ4v) is 1.78. The summed E-state index contributed by atoms with van der Waals surface area (Å²) < 4.78 is 28.3. The molecule has 2 N–H and O–H groups in total. The minimum atomic E-state index is -3.02. The van der Waals surface area contributed by atoms with Gasteiger partial charge in [-0.15, -0.1) is 0 Å². The largest absolute Gasteiger partial charge is 0.432 e. The first-order valence-corrected chi connectivity index (χ1v) is 5.58. The first-order valence-electron chi connectivity index (χ1n) is 4.82. The van der Waals surface area contributed by atoms with Crippen molar-refractivity contribution in [2.24, 2.45) is 0 Å². The molecule has 0 saturated heterocycles. The quantitative estimate of drug-likeness (QED) is 0.879. The number of ether oxygens (including phenoxy) is 1. The lowest BCUT2D eigenvalue weighted by Crippen LogP contribution is -2.25. The minimum Gasteiger partial charge on any atom is -0.432 e. The Balaban J connectivity index is 2.89. The van der Waals surface area contributed by atoms with Crippen molar-refractivity contribution in [1.29, 1.82) is 0 Å². The molecule has 0 aliphatic rings. The highest BCUT2D eigenvalue weighted by molar-refractivity contribution is 6.37. The van der Waals surface area contributed by atoms with Gasteiger partial charge < -0.3 is 15.4 Å². The second-order valence-corrected chi connectivity index (χ2v) is 4.04. The van der Waals surface area contributed by atoms with Crippen LogP contribution in [0.5, 0.6) is 5.75 Å². The number of benzene rings is 1. The van der Waals surface area contributed by atoms with Crippen LogP contribution in [0.25, 0.3) is 0 Å². The molecular weight excluding hydrogens is 289 g/mol. The van der Waals surface area contributed by atoms with E-state index in [2.05, 4.69) is 15.4 Å². The molecule has 100 valence electrons. The summed E-state index contributed by atoms with van der Waals surface area (Å²) in [5.41, 5.74) is 0.298. The van der Waals surface area contributed by atoms with Gasteiger partial charge in [0, 0.05) is 5.69 Å². The van der Waals surface area contributed by atoms with Gasteiger partial charge in [-0.1, -0.05) is 23.2 Å². The lowest BCUT2D eigenvalue weighted by Gasteiger charge is -2.11. The number of anilines is 1. The third-order valence-electron chi connectivity index (χ3n) is 1.83. The van der Waals surface area contributed by atoms with E-state index in [-0.39, 0.29) is 28.2 Å². The fourth-order valence-electron chi connectivity index (χ4n) is 1.20. The Hall–Kier alpha value is -1.11. The summed E-state index contributed by atoms with van der Waals surface area (Å²) in [6, 6.07) is 2.55. The van der Waals surface area contributed by atoms with Crippen LogP contribution in [0, 0.1) is 0 Å². The number of carbonyl (C=O) groups is 1. The molecule has 1 rings (SSSR count). The van der Waals surface area contributed by atoms with E-state index in [0.717, 1.165) is 0 Å². The maximum absolute atomic E-state index is 12.1. The molecule has 0 bridgehead atoms. The maximum atomic E-state index is 12.1. The highest BCUT2D eigenvalue weighted by atomic mass is 35.5. The fraction of sp³-hybridized carbons (Fsp3) is 0.300. The molecular formula is C10H10Cl2F2N2O2. The van der Waals surface area contributed by atoms with Crippen LogP contribution in [0.4, 0.5) is 14.5 Å². The third kappa shape index (κ3) is 4.29. The Morgan fingerprint density at radius 3 is 2.39 bits per heavy atom. The van der Waals surface area contributed by atoms with Crippen LogP contribution >= 0.6 is 23.2 Å². The van der Waals surface area contributed by atoms with E-state index in [1.165, 1.54) is 12.1 Å². The summed E-state index contributed by atoms with van der Waals surface area (Å²) in [4.78, 5) is 11.3. The zero-order chi connectivity index (χ0) is 13.7. The highest BCUT2D eigenvalue weighted by Crippen LogP contribution is 2.36. The third-order valence-corrected chi connectivity index (χ3v) is 2.39. The molecule has 0 unspecified atom stereocenters. The number of amides is 1. The van der Waals surface area contributed by atoms with Gasteiger partial charge in [0.25, 0.3) is 0 Å². The van der Waals surface area contributed by atoms with Crippen molar-refractivity contribution in [3.63, 3.8) is 0 Å². The molecule has 0 saturated carbocycles. The van der Waals surface area contributed by atoms with E-state index >= 15 is 0 Å². The van der Waals surface area contributed by atoms with Gasteiger partial charge in [-0.2, -0.15) is 8.78 Å². The lowest BCUT2D eigenvalue weighted by molar-refractivity contribution is -0.115. The molecule has 18 heavy (non-hydrogen) atoms. The molecule has 0 aliphatic carbocycles. The van der Waals surface area contributed by atoms with E-state index < -0.39 is 6.61 Å². The van der Waals surface area contributed by atoms with E-state index in [4.69, 9.17) is 23.2 Å². The van der Waals surface area contributed by atoms with Crippen LogP contribution in [-0.2, 0) is 4.79 Å². The molecule has 1 aromatic carbocycles. The van der Waals surface area contributed by atoms with Gasteiger partial charge in [0.05, 0.1) is 16.6 Å². The number of rotatable bonds is 5. The van der Waals surface area contributed by atoms with Crippen molar-refractivity contribution >= 4 is 34.8 Å². The van der Waals surface area contributed by atoms with Crippen LogP contribution < -0.4 is 15.4 Å². The normalized spacial score (nSPS) is 10.6. The van der Waals surface area contributed by atoms with Crippen LogP contribution in [0.15, 0.2) is 12.1 Å². The summed E-state index contributed by atoms with van der Waals surface area (Å²) in [6.45, 7) is -2.92. The van der Waals surface area contributed by atoms with Gasteiger partial charge in [0.2, 0.25) is 5.91 Å². The van der Waals surface area contributed by atoms with Gasteiger partial charge >= 0.3 is 6.61 Å². The van der Waals surface area contributed by atoms with Gasteiger partial charge in [0.15, 0.2) is 5.75 Å². The van der Waals surface area contributed by atoms with E-state index in [0.29, 0.717) is 5.69 Å².